The molecule has 0 saturated carbocycles. The fraction of sp³-hybridized carbons (Fsp3) is 0.357. The number of ether oxygens (including phenoxy) is 1. The van der Waals surface area contributed by atoms with Crippen LogP contribution in [0.3, 0.4) is 0 Å². The number of nitrogens with two attached hydrogens (primary N) is 1. The van der Waals surface area contributed by atoms with Crippen molar-refractivity contribution in [3.8, 4) is 5.75 Å². The quantitative estimate of drug-likeness (QED) is 0.879. The van der Waals surface area contributed by atoms with Gasteiger partial charge in [-0.2, -0.15) is 5.10 Å². The van der Waals surface area contributed by atoms with E-state index in [-0.39, 0.29) is 0 Å². The Morgan fingerprint density at radius 2 is 2.22 bits per heavy atom. The van der Waals surface area contributed by atoms with Crippen LogP contribution < -0.4 is 10.5 Å². The highest BCUT2D eigenvalue weighted by atomic mass is 16.5. The van der Waals surface area contributed by atoms with Crippen molar-refractivity contribution >= 4 is 0 Å². The molecule has 0 aliphatic rings. The molecular formula is C14H19N3O. The van der Waals surface area contributed by atoms with Gasteiger partial charge in [-0.25, -0.2) is 0 Å². The van der Waals surface area contributed by atoms with Crippen LogP contribution in [-0.4, -0.2) is 9.78 Å². The minimum Gasteiger partial charge on any atom is -0.486 e. The van der Waals surface area contributed by atoms with E-state index in [9.17, 15) is 0 Å². The molecule has 96 valence electrons. The molecule has 0 spiro atoms. The smallest absolute Gasteiger partial charge is 0.157 e. The van der Waals surface area contributed by atoms with Crippen molar-refractivity contribution in [1.29, 1.82) is 0 Å². The summed E-state index contributed by atoms with van der Waals surface area (Å²) in [4.78, 5) is 0. The Balaban J connectivity index is 2.01. The maximum atomic E-state index is 5.71. The Bertz CT molecular complexity index is 520. The minimum atomic E-state index is 0.562. The van der Waals surface area contributed by atoms with E-state index in [1.807, 2.05) is 23.9 Å². The molecule has 1 aromatic heterocycles. The van der Waals surface area contributed by atoms with Crippen LogP contribution in [0.5, 0.6) is 5.75 Å². The molecule has 0 bridgehead atoms. The Morgan fingerprint density at radius 3 is 2.83 bits per heavy atom. The van der Waals surface area contributed by atoms with Crippen molar-refractivity contribution in [2.75, 3.05) is 0 Å². The van der Waals surface area contributed by atoms with E-state index in [0.717, 1.165) is 17.9 Å². The zero-order valence-corrected chi connectivity index (χ0v) is 10.9. The van der Waals surface area contributed by atoms with Gasteiger partial charge in [0, 0.05) is 13.1 Å². The SMILES string of the molecule is CCn1cc(OCc2ccc(CN)cc2C)cn1. The van der Waals surface area contributed by atoms with Crippen LogP contribution in [0.25, 0.3) is 0 Å². The molecule has 1 aromatic carbocycles. The number of hydrogen-bond acceptors (Lipinski definition) is 3. The molecule has 0 aliphatic heterocycles. The Kier molecular flexibility index (Phi) is 3.99. The fourth-order valence-corrected chi connectivity index (χ4v) is 1.80. The first kappa shape index (κ1) is 12.6. The second-order valence-corrected chi connectivity index (χ2v) is 4.29. The molecule has 0 amide bonds. The van der Waals surface area contributed by atoms with E-state index in [4.69, 9.17) is 10.5 Å². The van der Waals surface area contributed by atoms with Gasteiger partial charge in [-0.15, -0.1) is 0 Å². The summed E-state index contributed by atoms with van der Waals surface area (Å²) in [6, 6.07) is 6.22. The van der Waals surface area contributed by atoms with Crippen molar-refractivity contribution in [1.82, 2.24) is 9.78 Å². The Morgan fingerprint density at radius 1 is 1.39 bits per heavy atom. The summed E-state index contributed by atoms with van der Waals surface area (Å²) in [5.74, 6) is 0.805. The van der Waals surface area contributed by atoms with Gasteiger partial charge in [-0.3, -0.25) is 4.68 Å². The van der Waals surface area contributed by atoms with Crippen LogP contribution in [0.1, 0.15) is 23.6 Å². The van der Waals surface area contributed by atoms with Crippen molar-refractivity contribution in [2.45, 2.75) is 33.5 Å². The zero-order chi connectivity index (χ0) is 13.0. The molecule has 0 fully saturated rings. The molecule has 2 aromatic rings. The third-order valence-corrected chi connectivity index (χ3v) is 2.97. The maximum Gasteiger partial charge on any atom is 0.157 e. The summed E-state index contributed by atoms with van der Waals surface area (Å²) in [6.45, 7) is 6.12. The molecule has 0 saturated heterocycles. The summed E-state index contributed by atoms with van der Waals surface area (Å²) in [5, 5.41) is 4.17. The molecule has 4 nitrogen and oxygen atoms in total. The molecule has 0 aliphatic carbocycles. The summed E-state index contributed by atoms with van der Waals surface area (Å²) in [6.07, 6.45) is 3.65. The number of nitrogens with zero attached hydrogens (tertiary/aromatic N) is 2. The summed E-state index contributed by atoms with van der Waals surface area (Å²) >= 11 is 0. The second-order valence-electron chi connectivity index (χ2n) is 4.29. The van der Waals surface area contributed by atoms with Crippen LogP contribution in [0.15, 0.2) is 30.6 Å². The lowest BCUT2D eigenvalue weighted by Crippen LogP contribution is -2.01. The third kappa shape index (κ3) is 2.90. The van der Waals surface area contributed by atoms with Crippen LogP contribution in [0, 0.1) is 6.92 Å². The highest BCUT2D eigenvalue weighted by Crippen LogP contribution is 2.15. The lowest BCUT2D eigenvalue weighted by atomic mass is 10.1. The van der Waals surface area contributed by atoms with E-state index in [1.54, 1.807) is 6.20 Å². The predicted molar refractivity (Wildman–Crippen MR) is 71.3 cm³/mol. The van der Waals surface area contributed by atoms with Crippen LogP contribution >= 0.6 is 0 Å². The van der Waals surface area contributed by atoms with Gasteiger partial charge in [0.25, 0.3) is 0 Å². The van der Waals surface area contributed by atoms with E-state index in [1.165, 1.54) is 11.1 Å². The number of aromatic nitrogens is 2. The molecule has 1 heterocycles. The van der Waals surface area contributed by atoms with Gasteiger partial charge < -0.3 is 10.5 Å². The van der Waals surface area contributed by atoms with E-state index in [0.29, 0.717) is 13.2 Å². The van der Waals surface area contributed by atoms with E-state index >= 15 is 0 Å². The number of benzene rings is 1. The third-order valence-electron chi connectivity index (χ3n) is 2.97. The van der Waals surface area contributed by atoms with Gasteiger partial charge >= 0.3 is 0 Å². The van der Waals surface area contributed by atoms with Crippen molar-refractivity contribution < 1.29 is 4.74 Å². The number of aryl methyl sites for hydroxylation is 2. The average molecular weight is 245 g/mol. The van der Waals surface area contributed by atoms with E-state index < -0.39 is 0 Å². The lowest BCUT2D eigenvalue weighted by Gasteiger charge is -2.08. The molecule has 0 atom stereocenters. The molecule has 4 heteroatoms. The summed E-state index contributed by atoms with van der Waals surface area (Å²) < 4.78 is 7.56. The molecule has 2 N–H and O–H groups in total. The Hall–Kier alpha value is -1.81. The van der Waals surface area contributed by atoms with Crippen LogP contribution in [0.2, 0.25) is 0 Å². The molecular weight excluding hydrogens is 226 g/mol. The lowest BCUT2D eigenvalue weighted by molar-refractivity contribution is 0.305. The van der Waals surface area contributed by atoms with Crippen LogP contribution in [0.4, 0.5) is 0 Å². The summed E-state index contributed by atoms with van der Waals surface area (Å²) in [5.41, 5.74) is 9.14. The first-order chi connectivity index (χ1) is 8.72. The largest absolute Gasteiger partial charge is 0.486 e. The van der Waals surface area contributed by atoms with Crippen molar-refractivity contribution in [3.05, 3.63) is 47.3 Å². The van der Waals surface area contributed by atoms with Gasteiger partial charge in [0.1, 0.15) is 6.61 Å². The molecule has 0 unspecified atom stereocenters. The molecule has 18 heavy (non-hydrogen) atoms. The number of rotatable bonds is 5. The van der Waals surface area contributed by atoms with Gasteiger partial charge in [-0.05, 0) is 30.5 Å². The topological polar surface area (TPSA) is 53.1 Å². The average Bonchev–Trinajstić information content (AvgIpc) is 2.85. The second kappa shape index (κ2) is 5.69. The zero-order valence-electron chi connectivity index (χ0n) is 10.9. The fourth-order valence-electron chi connectivity index (χ4n) is 1.80. The van der Waals surface area contributed by atoms with Crippen molar-refractivity contribution in [3.63, 3.8) is 0 Å². The van der Waals surface area contributed by atoms with Gasteiger partial charge in [0.2, 0.25) is 0 Å². The Labute approximate surface area is 107 Å². The van der Waals surface area contributed by atoms with Crippen molar-refractivity contribution in [2.24, 2.45) is 5.73 Å². The van der Waals surface area contributed by atoms with Gasteiger partial charge in [0.15, 0.2) is 5.75 Å². The monoisotopic (exact) mass is 245 g/mol. The minimum absolute atomic E-state index is 0.562. The maximum absolute atomic E-state index is 5.71. The van der Waals surface area contributed by atoms with Gasteiger partial charge in [0.05, 0.1) is 12.4 Å². The predicted octanol–water partition coefficient (Wildman–Crippen LogP) is 2.25. The normalized spacial score (nSPS) is 10.6. The first-order valence-corrected chi connectivity index (χ1v) is 6.16. The van der Waals surface area contributed by atoms with E-state index in [2.05, 4.69) is 24.2 Å². The summed E-state index contributed by atoms with van der Waals surface area (Å²) in [7, 11) is 0. The highest BCUT2D eigenvalue weighted by Gasteiger charge is 2.02. The van der Waals surface area contributed by atoms with Crippen LogP contribution in [-0.2, 0) is 19.7 Å². The van der Waals surface area contributed by atoms with Gasteiger partial charge in [-0.1, -0.05) is 18.2 Å². The highest BCUT2D eigenvalue weighted by molar-refractivity contribution is 5.31. The number of hydrogen-bond donors (Lipinski definition) is 1. The first-order valence-electron chi connectivity index (χ1n) is 6.16. The molecule has 2 rings (SSSR count). The standard InChI is InChI=1S/C14H19N3O/c1-3-17-9-14(8-16-17)18-10-13-5-4-12(7-15)6-11(13)2/h4-6,8-9H,3,7,10,15H2,1-2H3. The molecule has 0 radical (unpaired) electrons.